The lowest BCUT2D eigenvalue weighted by atomic mass is 10.2. The molecule has 0 saturated carbocycles. The van der Waals surface area contributed by atoms with Gasteiger partial charge in [-0.3, -0.25) is 0 Å². The van der Waals surface area contributed by atoms with Crippen LogP contribution in [0.1, 0.15) is 23.9 Å². The van der Waals surface area contributed by atoms with Crippen molar-refractivity contribution in [3.8, 4) is 6.07 Å². The first-order chi connectivity index (χ1) is 10.0. The predicted octanol–water partition coefficient (Wildman–Crippen LogP) is 3.79. The van der Waals surface area contributed by atoms with Crippen LogP contribution in [-0.4, -0.2) is 16.5 Å². The Labute approximate surface area is 129 Å². The highest BCUT2D eigenvalue weighted by Crippen LogP contribution is 2.28. The second-order valence-electron chi connectivity index (χ2n) is 4.55. The molecule has 2 rings (SSSR count). The van der Waals surface area contributed by atoms with Gasteiger partial charge < -0.3 is 10.6 Å². The number of halogens is 1. The van der Waals surface area contributed by atoms with E-state index in [2.05, 4.69) is 26.7 Å². The standard InChI is InChI=1S/C15H16ClN5/c1-4-18-14-9(2)15(20-10(3)19-14)21-13-7-11(8-17)5-6-12(13)16/h5-7H,4H2,1-3H3,(H2,18,19,20,21). The fourth-order valence-corrected chi connectivity index (χ4v) is 2.07. The van der Waals surface area contributed by atoms with Crippen molar-refractivity contribution in [3.63, 3.8) is 0 Å². The Morgan fingerprint density at radius 3 is 2.62 bits per heavy atom. The molecular weight excluding hydrogens is 286 g/mol. The van der Waals surface area contributed by atoms with Gasteiger partial charge in [-0.1, -0.05) is 11.6 Å². The number of benzene rings is 1. The van der Waals surface area contributed by atoms with Crippen molar-refractivity contribution in [2.75, 3.05) is 17.2 Å². The zero-order chi connectivity index (χ0) is 15.4. The molecule has 21 heavy (non-hydrogen) atoms. The third-order valence-corrected chi connectivity index (χ3v) is 3.28. The molecule has 0 unspecified atom stereocenters. The van der Waals surface area contributed by atoms with E-state index in [-0.39, 0.29) is 0 Å². The van der Waals surface area contributed by atoms with E-state index >= 15 is 0 Å². The lowest BCUT2D eigenvalue weighted by molar-refractivity contribution is 1.02. The molecule has 108 valence electrons. The molecule has 0 aliphatic carbocycles. The first-order valence-corrected chi connectivity index (χ1v) is 6.98. The zero-order valence-electron chi connectivity index (χ0n) is 12.2. The van der Waals surface area contributed by atoms with Crippen LogP contribution in [0.3, 0.4) is 0 Å². The molecule has 0 fully saturated rings. The first kappa shape index (κ1) is 15.1. The maximum atomic E-state index is 8.98. The van der Waals surface area contributed by atoms with Crippen LogP contribution in [0.25, 0.3) is 0 Å². The third kappa shape index (κ3) is 3.41. The number of nitrogens with one attached hydrogen (secondary N) is 2. The van der Waals surface area contributed by atoms with Gasteiger partial charge in [0.2, 0.25) is 0 Å². The molecule has 2 N–H and O–H groups in total. The Balaban J connectivity index is 2.42. The number of nitrogens with zero attached hydrogens (tertiary/aromatic N) is 3. The number of hydrogen-bond acceptors (Lipinski definition) is 5. The average Bonchev–Trinajstić information content (AvgIpc) is 2.46. The average molecular weight is 302 g/mol. The Morgan fingerprint density at radius 2 is 1.95 bits per heavy atom. The zero-order valence-corrected chi connectivity index (χ0v) is 12.9. The van der Waals surface area contributed by atoms with Gasteiger partial charge >= 0.3 is 0 Å². The lowest BCUT2D eigenvalue weighted by Crippen LogP contribution is -2.08. The highest BCUT2D eigenvalue weighted by atomic mass is 35.5. The van der Waals surface area contributed by atoms with Crippen molar-refractivity contribution >= 4 is 28.9 Å². The number of aryl methyl sites for hydroxylation is 1. The molecule has 0 radical (unpaired) electrons. The van der Waals surface area contributed by atoms with Crippen LogP contribution in [0.2, 0.25) is 5.02 Å². The summed E-state index contributed by atoms with van der Waals surface area (Å²) >= 11 is 6.17. The maximum Gasteiger partial charge on any atom is 0.139 e. The first-order valence-electron chi connectivity index (χ1n) is 6.61. The van der Waals surface area contributed by atoms with E-state index in [0.717, 1.165) is 17.9 Å². The molecule has 0 aliphatic rings. The molecule has 0 bridgehead atoms. The van der Waals surface area contributed by atoms with Crippen LogP contribution >= 0.6 is 11.6 Å². The monoisotopic (exact) mass is 301 g/mol. The Kier molecular flexibility index (Phi) is 4.61. The second-order valence-corrected chi connectivity index (χ2v) is 4.96. The summed E-state index contributed by atoms with van der Waals surface area (Å²) in [4.78, 5) is 8.78. The van der Waals surface area contributed by atoms with E-state index in [0.29, 0.717) is 27.9 Å². The molecule has 0 amide bonds. The van der Waals surface area contributed by atoms with Crippen molar-refractivity contribution in [1.82, 2.24) is 9.97 Å². The minimum atomic E-state index is 0.537. The lowest BCUT2D eigenvalue weighted by Gasteiger charge is -2.14. The summed E-state index contributed by atoms with van der Waals surface area (Å²) in [6.45, 7) is 6.55. The van der Waals surface area contributed by atoms with E-state index in [9.17, 15) is 0 Å². The van der Waals surface area contributed by atoms with E-state index < -0.39 is 0 Å². The molecule has 1 aromatic heterocycles. The number of hydrogen-bond donors (Lipinski definition) is 2. The summed E-state index contributed by atoms with van der Waals surface area (Å²) in [7, 11) is 0. The van der Waals surface area contributed by atoms with Gasteiger partial charge in [0, 0.05) is 12.1 Å². The maximum absolute atomic E-state index is 8.98. The molecular formula is C15H16ClN5. The highest BCUT2D eigenvalue weighted by molar-refractivity contribution is 6.33. The molecule has 0 spiro atoms. The van der Waals surface area contributed by atoms with Gasteiger partial charge in [0.15, 0.2) is 0 Å². The van der Waals surface area contributed by atoms with Crippen LogP contribution in [0.4, 0.5) is 17.3 Å². The van der Waals surface area contributed by atoms with Gasteiger partial charge in [-0.15, -0.1) is 0 Å². The Morgan fingerprint density at radius 1 is 1.24 bits per heavy atom. The second kappa shape index (κ2) is 6.42. The smallest absolute Gasteiger partial charge is 0.139 e. The van der Waals surface area contributed by atoms with Crippen LogP contribution in [0, 0.1) is 25.2 Å². The molecule has 0 saturated heterocycles. The van der Waals surface area contributed by atoms with E-state index in [1.54, 1.807) is 18.2 Å². The number of aromatic nitrogens is 2. The van der Waals surface area contributed by atoms with Gasteiger partial charge in [-0.25, -0.2) is 9.97 Å². The summed E-state index contributed by atoms with van der Waals surface area (Å²) in [5, 5.41) is 15.9. The molecule has 2 aromatic rings. The van der Waals surface area contributed by atoms with E-state index in [1.807, 2.05) is 20.8 Å². The Bertz CT molecular complexity index is 706. The molecule has 6 heteroatoms. The van der Waals surface area contributed by atoms with Crippen molar-refractivity contribution in [2.24, 2.45) is 0 Å². The normalized spacial score (nSPS) is 10.0. The van der Waals surface area contributed by atoms with Crippen LogP contribution < -0.4 is 10.6 Å². The SMILES string of the molecule is CCNc1nc(C)nc(Nc2cc(C#N)ccc2Cl)c1C. The van der Waals surface area contributed by atoms with E-state index in [1.165, 1.54) is 0 Å². The van der Waals surface area contributed by atoms with Crippen molar-refractivity contribution in [1.29, 1.82) is 5.26 Å². The summed E-state index contributed by atoms with van der Waals surface area (Å²) < 4.78 is 0. The topological polar surface area (TPSA) is 73.6 Å². The highest BCUT2D eigenvalue weighted by Gasteiger charge is 2.11. The molecule has 1 heterocycles. The van der Waals surface area contributed by atoms with Gasteiger partial charge in [-0.05, 0) is 39.0 Å². The molecule has 0 aliphatic heterocycles. The van der Waals surface area contributed by atoms with E-state index in [4.69, 9.17) is 16.9 Å². The van der Waals surface area contributed by atoms with Crippen LogP contribution in [0.5, 0.6) is 0 Å². The van der Waals surface area contributed by atoms with Crippen molar-refractivity contribution in [3.05, 3.63) is 40.2 Å². The van der Waals surface area contributed by atoms with Gasteiger partial charge in [-0.2, -0.15) is 5.26 Å². The van der Waals surface area contributed by atoms with Crippen molar-refractivity contribution < 1.29 is 0 Å². The summed E-state index contributed by atoms with van der Waals surface area (Å²) in [6.07, 6.45) is 0. The quantitative estimate of drug-likeness (QED) is 0.898. The number of rotatable bonds is 4. The van der Waals surface area contributed by atoms with Crippen molar-refractivity contribution in [2.45, 2.75) is 20.8 Å². The Hall–Kier alpha value is -2.32. The van der Waals surface area contributed by atoms with Gasteiger partial charge in [0.1, 0.15) is 17.5 Å². The van der Waals surface area contributed by atoms with Gasteiger partial charge in [0.05, 0.1) is 22.3 Å². The minimum Gasteiger partial charge on any atom is -0.370 e. The summed E-state index contributed by atoms with van der Waals surface area (Å²) in [5.41, 5.74) is 2.09. The molecule has 0 atom stereocenters. The third-order valence-electron chi connectivity index (χ3n) is 2.95. The largest absolute Gasteiger partial charge is 0.370 e. The molecule has 5 nitrogen and oxygen atoms in total. The summed E-state index contributed by atoms with van der Waals surface area (Å²) in [5.74, 6) is 2.13. The number of nitriles is 1. The minimum absolute atomic E-state index is 0.537. The molecule has 1 aromatic carbocycles. The van der Waals surface area contributed by atoms with Crippen LogP contribution in [-0.2, 0) is 0 Å². The fraction of sp³-hybridized carbons (Fsp3) is 0.267. The fourth-order valence-electron chi connectivity index (χ4n) is 1.91. The summed E-state index contributed by atoms with van der Waals surface area (Å²) in [6, 6.07) is 7.16. The predicted molar refractivity (Wildman–Crippen MR) is 85.1 cm³/mol. The number of anilines is 3. The van der Waals surface area contributed by atoms with Gasteiger partial charge in [0.25, 0.3) is 0 Å². The van der Waals surface area contributed by atoms with Crippen LogP contribution in [0.15, 0.2) is 18.2 Å².